The molecule has 3 nitrogen and oxygen atoms in total. The minimum absolute atomic E-state index is 0.0367. The van der Waals surface area contributed by atoms with Crippen LogP contribution in [0.3, 0.4) is 0 Å². The first-order valence-corrected chi connectivity index (χ1v) is 7.07. The van der Waals surface area contributed by atoms with Crippen LogP contribution in [-0.4, -0.2) is 14.6 Å². The summed E-state index contributed by atoms with van der Waals surface area (Å²) in [7, 11) is 0. The van der Waals surface area contributed by atoms with Crippen molar-refractivity contribution < 1.29 is 13.2 Å². The molecule has 0 radical (unpaired) electrons. The number of nitrogens with zero attached hydrogens (tertiary/aromatic N) is 3. The summed E-state index contributed by atoms with van der Waals surface area (Å²) in [4.78, 5) is 4.01. The Morgan fingerprint density at radius 2 is 1.91 bits per heavy atom. The van der Waals surface area contributed by atoms with Gasteiger partial charge < -0.3 is 0 Å². The molecule has 0 N–H and O–H groups in total. The van der Waals surface area contributed by atoms with Crippen LogP contribution in [0.15, 0.2) is 30.5 Å². The number of hydrogen-bond acceptors (Lipinski definition) is 2. The van der Waals surface area contributed by atoms with Crippen molar-refractivity contribution in [2.45, 2.75) is 18.3 Å². The number of imidazole rings is 1. The quantitative estimate of drug-likeness (QED) is 0.711. The van der Waals surface area contributed by atoms with Gasteiger partial charge in [-0.2, -0.15) is 14.0 Å². The van der Waals surface area contributed by atoms with Gasteiger partial charge in [0.15, 0.2) is 22.4 Å². The molecule has 2 heterocycles. The number of rotatable bonds is 2. The fourth-order valence-corrected chi connectivity index (χ4v) is 3.05. The first kappa shape index (κ1) is 13.6. The van der Waals surface area contributed by atoms with Gasteiger partial charge in [-0.05, 0) is 42.0 Å². The van der Waals surface area contributed by atoms with Gasteiger partial charge in [0.1, 0.15) is 0 Å². The summed E-state index contributed by atoms with van der Waals surface area (Å²) in [5, 5.41) is 4.03. The Labute approximate surface area is 128 Å². The predicted octanol–water partition coefficient (Wildman–Crippen LogP) is 4.07. The van der Waals surface area contributed by atoms with Gasteiger partial charge in [0, 0.05) is 5.56 Å². The second kappa shape index (κ2) is 4.71. The van der Waals surface area contributed by atoms with Crippen molar-refractivity contribution >= 4 is 17.2 Å². The number of aromatic nitrogens is 3. The maximum absolute atomic E-state index is 13.6. The maximum Gasteiger partial charge on any atom is 0.234 e. The van der Waals surface area contributed by atoms with Crippen LogP contribution in [0.1, 0.15) is 29.4 Å². The third-order valence-electron chi connectivity index (χ3n) is 3.99. The van der Waals surface area contributed by atoms with Gasteiger partial charge in [0.25, 0.3) is 0 Å². The zero-order valence-corrected chi connectivity index (χ0v) is 11.9. The van der Waals surface area contributed by atoms with Gasteiger partial charge in [0.05, 0.1) is 6.20 Å². The van der Waals surface area contributed by atoms with Crippen LogP contribution in [0.25, 0.3) is 5.65 Å². The first-order valence-electron chi connectivity index (χ1n) is 6.69. The molecule has 7 heteroatoms. The summed E-state index contributed by atoms with van der Waals surface area (Å²) >= 11 is 5.93. The lowest BCUT2D eigenvalue weighted by Crippen LogP contribution is -1.99. The average Bonchev–Trinajstić information content (AvgIpc) is 3.20. The van der Waals surface area contributed by atoms with E-state index < -0.39 is 17.6 Å². The molecule has 3 aromatic rings. The van der Waals surface area contributed by atoms with Crippen molar-refractivity contribution in [3.05, 3.63) is 64.3 Å². The third kappa shape index (κ3) is 2.06. The molecular formula is C15H9ClF3N3. The van der Waals surface area contributed by atoms with E-state index in [1.807, 2.05) is 0 Å². The minimum atomic E-state index is -0.870. The second-order valence-corrected chi connectivity index (χ2v) is 5.75. The van der Waals surface area contributed by atoms with Gasteiger partial charge in [0.2, 0.25) is 5.95 Å². The van der Waals surface area contributed by atoms with E-state index in [-0.39, 0.29) is 17.0 Å². The summed E-state index contributed by atoms with van der Waals surface area (Å²) in [6, 6.07) is 5.53. The normalized spacial score (nSPS) is 20.5. The van der Waals surface area contributed by atoms with E-state index in [9.17, 15) is 13.2 Å². The summed E-state index contributed by atoms with van der Waals surface area (Å²) in [6.45, 7) is 0. The SMILES string of the molecule is Fc1ccc(C2C[C@@H]2c2cc(Cl)nn3c(F)cnc23)cc1F. The standard InChI is InChI=1S/C15H9ClF3N3/c16-13-5-10(15-20-6-14(19)22(15)21-13)9-4-8(9)7-1-2-11(17)12(18)3-7/h1-3,5-6,8-9H,4H2/t8?,9-/m0/s1. The Balaban J connectivity index is 1.74. The van der Waals surface area contributed by atoms with Crippen molar-refractivity contribution in [2.24, 2.45) is 0 Å². The van der Waals surface area contributed by atoms with E-state index in [0.717, 1.165) is 28.8 Å². The summed E-state index contributed by atoms with van der Waals surface area (Å²) in [5.74, 6) is -2.26. The lowest BCUT2D eigenvalue weighted by atomic mass is 10.1. The highest BCUT2D eigenvalue weighted by Crippen LogP contribution is 2.55. The van der Waals surface area contributed by atoms with E-state index in [0.29, 0.717) is 11.2 Å². The second-order valence-electron chi connectivity index (χ2n) is 5.36. The largest absolute Gasteiger partial charge is 0.234 e. The molecule has 1 fully saturated rings. The molecule has 2 aromatic heterocycles. The molecule has 1 aromatic carbocycles. The van der Waals surface area contributed by atoms with Crippen molar-refractivity contribution in [3.8, 4) is 0 Å². The van der Waals surface area contributed by atoms with Crippen molar-refractivity contribution in [1.82, 2.24) is 14.6 Å². The highest BCUT2D eigenvalue weighted by molar-refractivity contribution is 6.29. The summed E-state index contributed by atoms with van der Waals surface area (Å²) in [5.41, 5.74) is 1.87. The van der Waals surface area contributed by atoms with Crippen LogP contribution in [0.5, 0.6) is 0 Å². The molecule has 4 rings (SSSR count). The van der Waals surface area contributed by atoms with E-state index in [4.69, 9.17) is 11.6 Å². The Morgan fingerprint density at radius 3 is 2.68 bits per heavy atom. The molecule has 0 saturated heterocycles. The molecular weight excluding hydrogens is 315 g/mol. The molecule has 1 saturated carbocycles. The Kier molecular flexibility index (Phi) is 2.91. The zero-order valence-electron chi connectivity index (χ0n) is 11.1. The Hall–Kier alpha value is -2.08. The molecule has 1 aliphatic rings. The van der Waals surface area contributed by atoms with E-state index >= 15 is 0 Å². The van der Waals surface area contributed by atoms with E-state index in [1.54, 1.807) is 12.1 Å². The number of hydrogen-bond donors (Lipinski definition) is 0. The van der Waals surface area contributed by atoms with Gasteiger partial charge in [-0.25, -0.2) is 13.8 Å². The van der Waals surface area contributed by atoms with Gasteiger partial charge in [-0.3, -0.25) is 0 Å². The van der Waals surface area contributed by atoms with Crippen LogP contribution in [-0.2, 0) is 0 Å². The smallest absolute Gasteiger partial charge is 0.232 e. The maximum atomic E-state index is 13.6. The molecule has 1 aliphatic carbocycles. The van der Waals surface area contributed by atoms with Crippen LogP contribution >= 0.6 is 11.6 Å². The fourth-order valence-electron chi connectivity index (χ4n) is 2.86. The molecule has 1 unspecified atom stereocenters. The number of halogens is 4. The van der Waals surface area contributed by atoms with Crippen molar-refractivity contribution in [2.75, 3.05) is 0 Å². The molecule has 0 bridgehead atoms. The highest BCUT2D eigenvalue weighted by Gasteiger charge is 2.41. The first-order chi connectivity index (χ1) is 10.5. The monoisotopic (exact) mass is 323 g/mol. The van der Waals surface area contributed by atoms with Gasteiger partial charge in [-0.1, -0.05) is 17.7 Å². The van der Waals surface area contributed by atoms with Crippen molar-refractivity contribution in [1.29, 1.82) is 0 Å². The van der Waals surface area contributed by atoms with Crippen LogP contribution in [0.4, 0.5) is 13.2 Å². The number of benzene rings is 1. The average molecular weight is 324 g/mol. The Morgan fingerprint density at radius 1 is 1.09 bits per heavy atom. The predicted molar refractivity (Wildman–Crippen MR) is 74.4 cm³/mol. The molecule has 112 valence electrons. The lowest BCUT2D eigenvalue weighted by Gasteiger charge is -2.05. The van der Waals surface area contributed by atoms with E-state index in [2.05, 4.69) is 10.1 Å². The summed E-state index contributed by atoms with van der Waals surface area (Å²) in [6.07, 6.45) is 1.83. The Bertz CT molecular complexity index is 893. The third-order valence-corrected chi connectivity index (χ3v) is 4.17. The van der Waals surface area contributed by atoms with Crippen molar-refractivity contribution in [3.63, 3.8) is 0 Å². The van der Waals surface area contributed by atoms with Gasteiger partial charge >= 0.3 is 0 Å². The number of fused-ring (bicyclic) bond motifs is 1. The molecule has 0 aliphatic heterocycles. The zero-order chi connectivity index (χ0) is 15.4. The topological polar surface area (TPSA) is 30.2 Å². The molecule has 0 amide bonds. The lowest BCUT2D eigenvalue weighted by molar-refractivity contribution is 0.507. The van der Waals surface area contributed by atoms with Crippen LogP contribution < -0.4 is 0 Å². The van der Waals surface area contributed by atoms with Gasteiger partial charge in [-0.15, -0.1) is 0 Å². The summed E-state index contributed by atoms with van der Waals surface area (Å²) < 4.78 is 41.0. The molecule has 22 heavy (non-hydrogen) atoms. The van der Waals surface area contributed by atoms with Crippen LogP contribution in [0.2, 0.25) is 5.15 Å². The minimum Gasteiger partial charge on any atom is -0.232 e. The van der Waals surface area contributed by atoms with E-state index in [1.165, 1.54) is 6.07 Å². The fraction of sp³-hybridized carbons (Fsp3) is 0.200. The van der Waals surface area contributed by atoms with Crippen LogP contribution in [0, 0.1) is 17.6 Å². The molecule has 2 atom stereocenters. The highest BCUT2D eigenvalue weighted by atomic mass is 35.5. The molecule has 0 spiro atoms.